The Morgan fingerprint density at radius 3 is 2.09 bits per heavy atom. The van der Waals surface area contributed by atoms with Gasteiger partial charge >= 0.3 is 0 Å². The minimum absolute atomic E-state index is 0.153. The van der Waals surface area contributed by atoms with Gasteiger partial charge in [-0.2, -0.15) is 0 Å². The molecule has 0 radical (unpaired) electrons. The Morgan fingerprint density at radius 1 is 0.674 bits per heavy atom. The molecule has 0 fully saturated rings. The van der Waals surface area contributed by atoms with Crippen molar-refractivity contribution in [2.45, 2.75) is 25.9 Å². The van der Waals surface area contributed by atoms with Crippen LogP contribution in [0, 0.1) is 0 Å². The zero-order valence-electron chi connectivity index (χ0n) is 26.1. The summed E-state index contributed by atoms with van der Waals surface area (Å²) in [6.45, 7) is 2.07. The Hall–Kier alpha value is -5.61. The van der Waals surface area contributed by atoms with E-state index >= 15 is 0 Å². The highest BCUT2D eigenvalue weighted by molar-refractivity contribution is 5.94. The number of allylic oxidation sites excluding steroid dienone is 4. The van der Waals surface area contributed by atoms with Gasteiger partial charge in [0.15, 0.2) is 5.82 Å². The highest BCUT2D eigenvalue weighted by Crippen LogP contribution is 2.33. The van der Waals surface area contributed by atoms with Crippen LogP contribution >= 0.6 is 0 Å². The van der Waals surface area contributed by atoms with Crippen LogP contribution in [0.25, 0.3) is 50.0 Å². The average Bonchev–Trinajstić information content (AvgIpc) is 3.14. The number of nitrogens with zero attached hydrogens (tertiary/aromatic N) is 3. The van der Waals surface area contributed by atoms with Crippen LogP contribution in [0.3, 0.4) is 0 Å². The first-order chi connectivity index (χ1) is 22.6. The summed E-state index contributed by atoms with van der Waals surface area (Å²) in [5, 5.41) is 2.30. The molecule has 224 valence electrons. The Bertz CT molecular complexity index is 2100. The fourth-order valence-electron chi connectivity index (χ4n) is 5.91. The molecule has 4 heteroatoms. The van der Waals surface area contributed by atoms with Gasteiger partial charge in [0.1, 0.15) is 6.10 Å². The number of fused-ring (bicyclic) bond motifs is 1. The maximum atomic E-state index is 6.30. The number of aromatic nitrogens is 2. The number of benzene rings is 5. The fraction of sp³-hybridized carbons (Fsp3) is 0.119. The van der Waals surface area contributed by atoms with E-state index in [0.717, 1.165) is 68.7 Å². The van der Waals surface area contributed by atoms with Gasteiger partial charge in [-0.25, -0.2) is 9.97 Å². The van der Waals surface area contributed by atoms with Crippen LogP contribution in [-0.2, 0) is 4.74 Å². The Balaban J connectivity index is 1.23. The predicted octanol–water partition coefficient (Wildman–Crippen LogP) is 10.5. The monoisotopic (exact) mass is 597 g/mol. The van der Waals surface area contributed by atoms with E-state index in [-0.39, 0.29) is 6.10 Å². The molecule has 1 aliphatic carbocycles. The van der Waals surface area contributed by atoms with E-state index in [2.05, 4.69) is 121 Å². The second-order valence-electron chi connectivity index (χ2n) is 11.5. The SMILES string of the molecule is CN=C(OC(C)c1ccc2cc(-c3cc(-c4cccc(-c5ccccc5)c4)nc(C4=CC=CCC4)n3)ccc2c1)c1ccccc1. The number of ether oxygens (including phenoxy) is 1. The molecule has 0 aliphatic heterocycles. The quantitative estimate of drug-likeness (QED) is 0.136. The summed E-state index contributed by atoms with van der Waals surface area (Å²) in [6, 6.07) is 44.3. The van der Waals surface area contributed by atoms with Gasteiger partial charge in [0.05, 0.1) is 11.4 Å². The molecule has 1 unspecified atom stereocenters. The van der Waals surface area contributed by atoms with E-state index < -0.39 is 0 Å². The van der Waals surface area contributed by atoms with Gasteiger partial charge in [-0.05, 0) is 89.2 Å². The molecule has 1 aliphatic rings. The van der Waals surface area contributed by atoms with Crippen molar-refractivity contribution in [3.8, 4) is 33.6 Å². The molecular formula is C42H35N3O. The molecule has 46 heavy (non-hydrogen) atoms. The standard InChI is InChI=1S/C42H35N3O/c1-29(46-42(43-2)32-17-10-5-11-18-32)33-21-22-36-27-38(24-23-35(36)25-33)40-28-39(44-41(45-40)31-15-8-4-9-16-31)37-20-12-19-34(26-37)30-13-6-3-7-14-30/h3-8,10-15,17-29H,9,16H2,1-2H3. The van der Waals surface area contributed by atoms with Crippen LogP contribution in [0.15, 0.2) is 151 Å². The van der Waals surface area contributed by atoms with Gasteiger partial charge in [0.2, 0.25) is 5.90 Å². The third-order valence-electron chi connectivity index (χ3n) is 8.43. The molecule has 6 aromatic rings. The third kappa shape index (κ3) is 6.29. The first-order valence-corrected chi connectivity index (χ1v) is 15.8. The lowest BCUT2D eigenvalue weighted by Crippen LogP contribution is -2.10. The van der Waals surface area contributed by atoms with E-state index in [4.69, 9.17) is 14.7 Å². The molecule has 0 saturated heterocycles. The number of rotatable bonds is 7. The second kappa shape index (κ2) is 13.2. The summed E-state index contributed by atoms with van der Waals surface area (Å²) in [5.74, 6) is 1.42. The third-order valence-corrected chi connectivity index (χ3v) is 8.43. The van der Waals surface area contributed by atoms with Gasteiger partial charge < -0.3 is 4.74 Å². The van der Waals surface area contributed by atoms with Crippen molar-refractivity contribution in [3.63, 3.8) is 0 Å². The largest absolute Gasteiger partial charge is 0.470 e. The van der Waals surface area contributed by atoms with E-state index in [1.807, 2.05) is 36.4 Å². The summed E-state index contributed by atoms with van der Waals surface area (Å²) >= 11 is 0. The first kappa shape index (κ1) is 29.1. The molecular weight excluding hydrogens is 562 g/mol. The van der Waals surface area contributed by atoms with E-state index in [9.17, 15) is 0 Å². The maximum absolute atomic E-state index is 6.30. The number of aliphatic imine (C=N–C) groups is 1. The smallest absolute Gasteiger partial charge is 0.216 e. The number of hydrogen-bond donors (Lipinski definition) is 0. The molecule has 1 atom stereocenters. The molecule has 0 saturated carbocycles. The summed E-state index contributed by atoms with van der Waals surface area (Å²) in [4.78, 5) is 14.6. The maximum Gasteiger partial charge on any atom is 0.216 e. The molecule has 0 bridgehead atoms. The lowest BCUT2D eigenvalue weighted by molar-refractivity contribution is 0.213. The topological polar surface area (TPSA) is 47.4 Å². The second-order valence-corrected chi connectivity index (χ2v) is 11.5. The fourth-order valence-corrected chi connectivity index (χ4v) is 5.91. The van der Waals surface area contributed by atoms with Crippen molar-refractivity contribution in [1.82, 2.24) is 9.97 Å². The Kier molecular flexibility index (Phi) is 8.34. The van der Waals surface area contributed by atoms with E-state index in [1.165, 1.54) is 11.1 Å². The van der Waals surface area contributed by atoms with Crippen molar-refractivity contribution < 1.29 is 4.74 Å². The van der Waals surface area contributed by atoms with Crippen LogP contribution in [-0.4, -0.2) is 22.9 Å². The average molecular weight is 598 g/mol. The molecule has 1 heterocycles. The van der Waals surface area contributed by atoms with E-state index in [1.54, 1.807) is 7.05 Å². The summed E-state index contributed by atoms with van der Waals surface area (Å²) < 4.78 is 6.30. The van der Waals surface area contributed by atoms with Gasteiger partial charge in [0.25, 0.3) is 0 Å². The minimum Gasteiger partial charge on any atom is -0.470 e. The zero-order chi connectivity index (χ0) is 31.3. The van der Waals surface area contributed by atoms with Crippen molar-refractivity contribution >= 4 is 22.2 Å². The van der Waals surface area contributed by atoms with Crippen LogP contribution < -0.4 is 0 Å². The van der Waals surface area contributed by atoms with Gasteiger partial charge in [-0.3, -0.25) is 4.99 Å². The Morgan fingerprint density at radius 2 is 1.35 bits per heavy atom. The number of hydrogen-bond acceptors (Lipinski definition) is 4. The Labute approximate surface area is 270 Å². The summed E-state index contributed by atoms with van der Waals surface area (Å²) in [5.41, 5.74) is 9.54. The lowest BCUT2D eigenvalue weighted by atomic mass is 9.98. The van der Waals surface area contributed by atoms with Crippen LogP contribution in [0.4, 0.5) is 0 Å². The summed E-state index contributed by atoms with van der Waals surface area (Å²) in [7, 11) is 1.77. The first-order valence-electron chi connectivity index (χ1n) is 15.8. The van der Waals surface area contributed by atoms with Gasteiger partial charge in [0, 0.05) is 23.7 Å². The van der Waals surface area contributed by atoms with Crippen molar-refractivity contribution in [3.05, 3.63) is 163 Å². The van der Waals surface area contributed by atoms with Crippen LogP contribution in [0.2, 0.25) is 0 Å². The molecule has 4 nitrogen and oxygen atoms in total. The van der Waals surface area contributed by atoms with Crippen molar-refractivity contribution in [2.24, 2.45) is 4.99 Å². The van der Waals surface area contributed by atoms with Crippen molar-refractivity contribution in [1.29, 1.82) is 0 Å². The van der Waals surface area contributed by atoms with E-state index in [0.29, 0.717) is 5.90 Å². The van der Waals surface area contributed by atoms with Gasteiger partial charge in [-0.1, -0.05) is 109 Å². The predicted molar refractivity (Wildman–Crippen MR) is 191 cm³/mol. The summed E-state index contributed by atoms with van der Waals surface area (Å²) in [6.07, 6.45) is 8.22. The van der Waals surface area contributed by atoms with Gasteiger partial charge in [-0.15, -0.1) is 0 Å². The highest BCUT2D eigenvalue weighted by atomic mass is 16.5. The minimum atomic E-state index is -0.153. The molecule has 0 amide bonds. The molecule has 7 rings (SSSR count). The lowest BCUT2D eigenvalue weighted by Gasteiger charge is -2.17. The van der Waals surface area contributed by atoms with Crippen LogP contribution in [0.5, 0.6) is 0 Å². The molecule has 1 aromatic heterocycles. The van der Waals surface area contributed by atoms with Crippen molar-refractivity contribution in [2.75, 3.05) is 7.05 Å². The normalized spacial score (nSPS) is 13.8. The molecule has 0 spiro atoms. The van der Waals surface area contributed by atoms with Crippen LogP contribution in [0.1, 0.15) is 42.8 Å². The highest BCUT2D eigenvalue weighted by Gasteiger charge is 2.16. The molecule has 5 aromatic carbocycles. The molecule has 0 N–H and O–H groups in total. The zero-order valence-corrected chi connectivity index (χ0v) is 26.1.